The van der Waals surface area contributed by atoms with E-state index in [1.54, 1.807) is 44.2 Å². The van der Waals surface area contributed by atoms with E-state index in [9.17, 15) is 17.6 Å². The van der Waals surface area contributed by atoms with Crippen LogP contribution in [0.25, 0.3) is 10.9 Å². The Bertz CT molecular complexity index is 1530. The molecule has 0 bridgehead atoms. The fourth-order valence-electron chi connectivity index (χ4n) is 4.44. The molecule has 0 atom stereocenters. The molecule has 2 N–H and O–H groups in total. The number of aromatic nitrogens is 5. The predicted molar refractivity (Wildman–Crippen MR) is 122 cm³/mol. The lowest BCUT2D eigenvalue weighted by molar-refractivity contribution is 0.0942. The Morgan fingerprint density at radius 3 is 2.85 bits per heavy atom. The third kappa shape index (κ3) is 3.49. The van der Waals surface area contributed by atoms with Gasteiger partial charge in [-0.3, -0.25) is 14.6 Å². The number of aromatic amines is 1. The van der Waals surface area contributed by atoms with Gasteiger partial charge in [-0.05, 0) is 25.1 Å². The van der Waals surface area contributed by atoms with Crippen molar-refractivity contribution >= 4 is 26.8 Å². The molecular formula is C22H24FN7O3S. The second-order valence-electron chi connectivity index (χ2n) is 8.42. The summed E-state index contributed by atoms with van der Waals surface area (Å²) >= 11 is 0. The minimum atomic E-state index is -3.83. The van der Waals surface area contributed by atoms with Crippen LogP contribution in [0.1, 0.15) is 33.0 Å². The van der Waals surface area contributed by atoms with Crippen molar-refractivity contribution < 1.29 is 17.6 Å². The molecule has 5 rings (SSSR count). The van der Waals surface area contributed by atoms with Gasteiger partial charge in [-0.1, -0.05) is 0 Å². The van der Waals surface area contributed by atoms with Crippen LogP contribution in [0.15, 0.2) is 35.5 Å². The Balaban J connectivity index is 1.40. The molecule has 4 heterocycles. The van der Waals surface area contributed by atoms with Crippen LogP contribution in [0.5, 0.6) is 0 Å². The van der Waals surface area contributed by atoms with E-state index in [4.69, 9.17) is 0 Å². The zero-order valence-electron chi connectivity index (χ0n) is 19.0. The van der Waals surface area contributed by atoms with E-state index in [1.807, 2.05) is 0 Å². The molecule has 3 aromatic heterocycles. The highest BCUT2D eigenvalue weighted by Crippen LogP contribution is 2.28. The number of H-pyrrole nitrogens is 1. The van der Waals surface area contributed by atoms with Crippen molar-refractivity contribution in [2.75, 3.05) is 6.54 Å². The van der Waals surface area contributed by atoms with Crippen molar-refractivity contribution in [3.63, 3.8) is 0 Å². The van der Waals surface area contributed by atoms with Gasteiger partial charge in [0.15, 0.2) is 0 Å². The number of halogens is 1. The molecule has 0 unspecified atom stereocenters. The molecule has 0 saturated heterocycles. The number of fused-ring (bicyclic) bond motifs is 2. The molecule has 0 radical (unpaired) electrons. The number of hydrogen-bond acceptors (Lipinski definition) is 5. The maximum Gasteiger partial charge on any atom is 0.268 e. The Morgan fingerprint density at radius 1 is 1.26 bits per heavy atom. The highest BCUT2D eigenvalue weighted by Gasteiger charge is 2.33. The number of nitrogens with zero attached hydrogens (tertiary/aromatic N) is 5. The first kappa shape index (κ1) is 22.3. The molecule has 1 aliphatic rings. The summed E-state index contributed by atoms with van der Waals surface area (Å²) in [6.45, 7) is 2.13. The monoisotopic (exact) mass is 485 g/mol. The highest BCUT2D eigenvalue weighted by atomic mass is 32.2. The number of carbonyl (C=O) groups excluding carboxylic acids is 1. The van der Waals surface area contributed by atoms with Crippen molar-refractivity contribution in [3.05, 3.63) is 64.6 Å². The van der Waals surface area contributed by atoms with Crippen LogP contribution < -0.4 is 5.32 Å². The number of aryl methyl sites for hydroxylation is 1. The summed E-state index contributed by atoms with van der Waals surface area (Å²) in [5, 5.41) is 14.5. The Kier molecular flexibility index (Phi) is 5.29. The summed E-state index contributed by atoms with van der Waals surface area (Å²) in [6.07, 6.45) is 3.81. The van der Waals surface area contributed by atoms with Gasteiger partial charge in [0.25, 0.3) is 5.91 Å². The van der Waals surface area contributed by atoms with E-state index in [-0.39, 0.29) is 23.7 Å². The number of benzene rings is 1. The molecule has 178 valence electrons. The SMILES string of the molecule is Cc1c(S(=O)(=O)N2CCc3[nH]ncc3C2)cc(C(=O)NCc2c(F)ccc3cnn(C)c23)n1C. The van der Waals surface area contributed by atoms with Crippen molar-refractivity contribution in [1.29, 1.82) is 0 Å². The van der Waals surface area contributed by atoms with Crippen molar-refractivity contribution in [3.8, 4) is 0 Å². The molecule has 4 aromatic rings. The number of nitrogens with one attached hydrogen (secondary N) is 2. The van der Waals surface area contributed by atoms with Crippen LogP contribution in [0.4, 0.5) is 4.39 Å². The Labute approximate surface area is 195 Å². The minimum Gasteiger partial charge on any atom is -0.346 e. The number of sulfonamides is 1. The summed E-state index contributed by atoms with van der Waals surface area (Å²) in [7, 11) is -0.489. The second kappa shape index (κ2) is 8.06. The molecule has 0 aliphatic carbocycles. The summed E-state index contributed by atoms with van der Waals surface area (Å²) in [4.78, 5) is 13.1. The van der Waals surface area contributed by atoms with Gasteiger partial charge in [0.2, 0.25) is 10.0 Å². The third-order valence-electron chi connectivity index (χ3n) is 6.48. The van der Waals surface area contributed by atoms with Crippen LogP contribution in [0, 0.1) is 12.7 Å². The molecule has 1 amide bonds. The first-order valence-electron chi connectivity index (χ1n) is 10.7. The lowest BCUT2D eigenvalue weighted by atomic mass is 10.1. The number of carbonyl (C=O) groups is 1. The maximum absolute atomic E-state index is 14.5. The average Bonchev–Trinajstić information content (AvgIpc) is 3.51. The largest absolute Gasteiger partial charge is 0.346 e. The molecule has 12 heteroatoms. The van der Waals surface area contributed by atoms with Gasteiger partial charge in [-0.25, -0.2) is 12.8 Å². The average molecular weight is 486 g/mol. The van der Waals surface area contributed by atoms with Gasteiger partial charge in [0.1, 0.15) is 16.4 Å². The molecule has 1 aromatic carbocycles. The first-order chi connectivity index (χ1) is 16.2. The van der Waals surface area contributed by atoms with Crippen LogP contribution in [0.3, 0.4) is 0 Å². The summed E-state index contributed by atoms with van der Waals surface area (Å²) in [5.74, 6) is -0.951. The van der Waals surface area contributed by atoms with Crippen LogP contribution in [-0.2, 0) is 43.6 Å². The Hall–Kier alpha value is -3.51. The summed E-state index contributed by atoms with van der Waals surface area (Å²) < 4.78 is 45.8. The van der Waals surface area contributed by atoms with Gasteiger partial charge in [0, 0.05) is 68.1 Å². The van der Waals surface area contributed by atoms with Gasteiger partial charge in [-0.2, -0.15) is 14.5 Å². The van der Waals surface area contributed by atoms with E-state index in [1.165, 1.54) is 21.0 Å². The smallest absolute Gasteiger partial charge is 0.268 e. The fraction of sp³-hybridized carbons (Fsp3) is 0.318. The van der Waals surface area contributed by atoms with E-state index in [0.717, 1.165) is 16.6 Å². The van der Waals surface area contributed by atoms with E-state index in [2.05, 4.69) is 20.6 Å². The zero-order valence-corrected chi connectivity index (χ0v) is 19.8. The maximum atomic E-state index is 14.5. The van der Waals surface area contributed by atoms with E-state index < -0.39 is 21.7 Å². The number of amides is 1. The molecule has 0 fully saturated rings. The molecule has 0 spiro atoms. The molecule has 0 saturated carbocycles. The fourth-order valence-corrected chi connectivity index (χ4v) is 6.13. The molecule has 34 heavy (non-hydrogen) atoms. The van der Waals surface area contributed by atoms with E-state index >= 15 is 0 Å². The van der Waals surface area contributed by atoms with Gasteiger partial charge in [-0.15, -0.1) is 0 Å². The van der Waals surface area contributed by atoms with Crippen LogP contribution in [-0.4, -0.2) is 49.7 Å². The minimum absolute atomic E-state index is 0.0662. The van der Waals surface area contributed by atoms with Gasteiger partial charge in [0.05, 0.1) is 17.9 Å². The normalized spacial score (nSPS) is 14.5. The van der Waals surface area contributed by atoms with Gasteiger partial charge < -0.3 is 9.88 Å². The van der Waals surface area contributed by atoms with Crippen molar-refractivity contribution in [1.82, 2.24) is 34.2 Å². The standard InChI is InChI=1S/C22H24FN7O3S/c1-13-20(34(32,33)30-7-6-18-15(12-30)9-25-27-18)8-19(28(13)2)22(31)24-11-16-17(23)5-4-14-10-26-29(3)21(14)16/h4-5,8-10H,6-7,11-12H2,1-3H3,(H,24,31)(H,25,27). The van der Waals surface area contributed by atoms with Crippen molar-refractivity contribution in [2.45, 2.75) is 31.3 Å². The van der Waals surface area contributed by atoms with Crippen LogP contribution in [0.2, 0.25) is 0 Å². The number of hydrogen-bond donors (Lipinski definition) is 2. The zero-order chi connectivity index (χ0) is 24.2. The van der Waals surface area contributed by atoms with Gasteiger partial charge >= 0.3 is 0 Å². The molecule has 10 nitrogen and oxygen atoms in total. The Morgan fingerprint density at radius 2 is 2.06 bits per heavy atom. The third-order valence-corrected chi connectivity index (χ3v) is 8.44. The quantitative estimate of drug-likeness (QED) is 0.447. The molecular weight excluding hydrogens is 461 g/mol. The summed E-state index contributed by atoms with van der Waals surface area (Å²) in [6, 6.07) is 4.35. The topological polar surface area (TPSA) is 118 Å². The lowest BCUT2D eigenvalue weighted by Gasteiger charge is -2.25. The van der Waals surface area contributed by atoms with Crippen molar-refractivity contribution in [2.24, 2.45) is 14.1 Å². The first-order valence-corrected chi connectivity index (χ1v) is 12.2. The molecule has 1 aliphatic heterocycles. The van der Waals surface area contributed by atoms with Crippen LogP contribution >= 0.6 is 0 Å². The van der Waals surface area contributed by atoms with E-state index in [0.29, 0.717) is 29.7 Å². The number of rotatable bonds is 5. The lowest BCUT2D eigenvalue weighted by Crippen LogP contribution is -2.35. The highest BCUT2D eigenvalue weighted by molar-refractivity contribution is 7.89. The predicted octanol–water partition coefficient (Wildman–Crippen LogP) is 1.76. The second-order valence-corrected chi connectivity index (χ2v) is 10.3. The summed E-state index contributed by atoms with van der Waals surface area (Å²) in [5.41, 5.74) is 3.31.